The van der Waals surface area contributed by atoms with Gasteiger partial charge in [0.1, 0.15) is 10.6 Å². The minimum Gasteiger partial charge on any atom is -0.379 e. The van der Waals surface area contributed by atoms with Crippen molar-refractivity contribution in [3.05, 3.63) is 18.0 Å². The summed E-state index contributed by atoms with van der Waals surface area (Å²) in [5, 5.41) is 2.71. The Bertz CT molecular complexity index is 608. The van der Waals surface area contributed by atoms with Crippen molar-refractivity contribution in [3.63, 3.8) is 0 Å². The Kier molecular flexibility index (Phi) is 5.29. The van der Waals surface area contributed by atoms with Crippen LogP contribution in [0, 0.1) is 5.92 Å². The Morgan fingerprint density at radius 1 is 1.52 bits per heavy atom. The molecule has 0 bridgehead atoms. The van der Waals surface area contributed by atoms with Gasteiger partial charge in [0.25, 0.3) is 15.0 Å². The van der Waals surface area contributed by atoms with Gasteiger partial charge in [-0.25, -0.2) is 8.42 Å². The van der Waals surface area contributed by atoms with E-state index in [-0.39, 0.29) is 16.5 Å². The van der Waals surface area contributed by atoms with Crippen LogP contribution in [-0.2, 0) is 20.3 Å². The number of aryl methyl sites for hydroxylation is 1. The number of aromatic nitrogens is 1. The highest BCUT2D eigenvalue weighted by atomic mass is 35.7. The number of carbonyl (C=O) groups is 1. The standard InChI is InChI=1S/C13H19ClN2O4S/c1-2-16-8-11(21(14,18)19)7-12(16)13(17)15-5-6-20-9-10-3-4-10/h7-8,10H,2-6,9H2,1H3,(H,15,17). The maximum absolute atomic E-state index is 12.0. The first-order chi connectivity index (χ1) is 9.91. The number of rotatable bonds is 8. The van der Waals surface area contributed by atoms with E-state index in [0.29, 0.717) is 25.6 Å². The van der Waals surface area contributed by atoms with E-state index in [2.05, 4.69) is 5.32 Å². The smallest absolute Gasteiger partial charge is 0.268 e. The molecule has 2 rings (SSSR count). The van der Waals surface area contributed by atoms with Crippen LogP contribution >= 0.6 is 10.7 Å². The maximum Gasteiger partial charge on any atom is 0.268 e. The van der Waals surface area contributed by atoms with Crippen molar-refractivity contribution in [1.82, 2.24) is 9.88 Å². The molecule has 1 aliphatic carbocycles. The Labute approximate surface area is 128 Å². The van der Waals surface area contributed by atoms with E-state index in [9.17, 15) is 13.2 Å². The average molecular weight is 335 g/mol. The lowest BCUT2D eigenvalue weighted by molar-refractivity contribution is 0.0898. The molecule has 0 aliphatic heterocycles. The maximum atomic E-state index is 12.0. The second kappa shape index (κ2) is 6.81. The fourth-order valence-corrected chi connectivity index (χ4v) is 2.69. The molecule has 1 heterocycles. The van der Waals surface area contributed by atoms with E-state index in [1.54, 1.807) is 4.57 Å². The van der Waals surface area contributed by atoms with Crippen LogP contribution in [0.25, 0.3) is 0 Å². The van der Waals surface area contributed by atoms with Gasteiger partial charge in [-0.2, -0.15) is 0 Å². The molecular formula is C13H19ClN2O4S. The van der Waals surface area contributed by atoms with E-state index < -0.39 is 9.05 Å². The predicted octanol–water partition coefficient (Wildman–Crippen LogP) is 1.59. The third kappa shape index (κ3) is 4.72. The molecule has 0 aromatic carbocycles. The van der Waals surface area contributed by atoms with E-state index in [4.69, 9.17) is 15.4 Å². The van der Waals surface area contributed by atoms with E-state index in [0.717, 1.165) is 6.61 Å². The molecule has 0 atom stereocenters. The topological polar surface area (TPSA) is 77.4 Å². The predicted molar refractivity (Wildman–Crippen MR) is 79.0 cm³/mol. The van der Waals surface area contributed by atoms with Gasteiger partial charge in [0.15, 0.2) is 0 Å². The zero-order valence-corrected chi connectivity index (χ0v) is 13.4. The van der Waals surface area contributed by atoms with Gasteiger partial charge in [0.05, 0.1) is 6.61 Å². The molecule has 1 saturated carbocycles. The summed E-state index contributed by atoms with van der Waals surface area (Å²) in [5.41, 5.74) is 0.277. The molecule has 21 heavy (non-hydrogen) atoms. The Morgan fingerprint density at radius 3 is 2.81 bits per heavy atom. The highest BCUT2D eigenvalue weighted by molar-refractivity contribution is 8.13. The molecule has 0 spiro atoms. The lowest BCUT2D eigenvalue weighted by Crippen LogP contribution is -2.29. The normalized spacial score (nSPS) is 15.1. The Balaban J connectivity index is 1.89. The van der Waals surface area contributed by atoms with Gasteiger partial charge >= 0.3 is 0 Å². The van der Waals surface area contributed by atoms with Crippen molar-refractivity contribution < 1.29 is 17.9 Å². The summed E-state index contributed by atoms with van der Waals surface area (Å²) >= 11 is 0. The van der Waals surface area contributed by atoms with Gasteiger partial charge in [0.2, 0.25) is 0 Å². The number of nitrogens with one attached hydrogen (secondary N) is 1. The summed E-state index contributed by atoms with van der Waals surface area (Å²) < 4.78 is 29.6. The average Bonchev–Trinajstić information content (AvgIpc) is 3.12. The van der Waals surface area contributed by atoms with Gasteiger partial charge < -0.3 is 14.6 Å². The summed E-state index contributed by atoms with van der Waals surface area (Å²) in [5.74, 6) is 0.355. The second-order valence-corrected chi connectivity index (χ2v) is 7.63. The van der Waals surface area contributed by atoms with Gasteiger partial charge in [-0.1, -0.05) is 0 Å². The number of halogens is 1. The minimum atomic E-state index is -3.83. The zero-order chi connectivity index (χ0) is 15.5. The Hall–Kier alpha value is -1.05. The molecule has 1 fully saturated rings. The van der Waals surface area contributed by atoms with Crippen molar-refractivity contribution in [1.29, 1.82) is 0 Å². The number of amides is 1. The lowest BCUT2D eigenvalue weighted by Gasteiger charge is -2.08. The van der Waals surface area contributed by atoms with Crippen LogP contribution in [0.3, 0.4) is 0 Å². The number of carbonyl (C=O) groups excluding carboxylic acids is 1. The summed E-state index contributed by atoms with van der Waals surface area (Å²) in [6.45, 7) is 3.89. The third-order valence-corrected chi connectivity index (χ3v) is 4.63. The van der Waals surface area contributed by atoms with Crippen LogP contribution in [0.1, 0.15) is 30.3 Å². The van der Waals surface area contributed by atoms with Crippen LogP contribution in [0.15, 0.2) is 17.2 Å². The van der Waals surface area contributed by atoms with E-state index in [1.807, 2.05) is 6.92 Å². The van der Waals surface area contributed by atoms with Crippen LogP contribution in [0.5, 0.6) is 0 Å². The molecule has 1 amide bonds. The summed E-state index contributed by atoms with van der Waals surface area (Å²) in [6.07, 6.45) is 3.82. The Morgan fingerprint density at radius 2 is 2.24 bits per heavy atom. The third-order valence-electron chi connectivity index (χ3n) is 3.31. The van der Waals surface area contributed by atoms with E-state index in [1.165, 1.54) is 25.1 Å². The molecular weight excluding hydrogens is 316 g/mol. The molecule has 118 valence electrons. The lowest BCUT2D eigenvalue weighted by atomic mass is 10.4. The first-order valence-electron chi connectivity index (χ1n) is 6.92. The number of hydrogen-bond acceptors (Lipinski definition) is 4. The molecule has 1 aliphatic rings. The van der Waals surface area contributed by atoms with Crippen molar-refractivity contribution in [2.24, 2.45) is 5.92 Å². The first-order valence-corrected chi connectivity index (χ1v) is 9.23. The van der Waals surface area contributed by atoms with E-state index >= 15 is 0 Å². The first kappa shape index (κ1) is 16.3. The van der Waals surface area contributed by atoms with Crippen LogP contribution in [0.4, 0.5) is 0 Å². The fraction of sp³-hybridized carbons (Fsp3) is 0.615. The SMILES string of the molecule is CCn1cc(S(=O)(=O)Cl)cc1C(=O)NCCOCC1CC1. The number of hydrogen-bond donors (Lipinski definition) is 1. The second-order valence-electron chi connectivity index (χ2n) is 5.06. The van der Waals surface area contributed by atoms with Crippen LogP contribution in [0.2, 0.25) is 0 Å². The molecule has 1 aromatic rings. The molecule has 1 aromatic heterocycles. The van der Waals surface area contributed by atoms with Crippen LogP contribution < -0.4 is 5.32 Å². The quantitative estimate of drug-likeness (QED) is 0.578. The molecule has 0 saturated heterocycles. The van der Waals surface area contributed by atoms with Gasteiger partial charge in [0, 0.05) is 36.6 Å². The molecule has 8 heteroatoms. The highest BCUT2D eigenvalue weighted by Gasteiger charge is 2.21. The largest absolute Gasteiger partial charge is 0.379 e. The van der Waals surface area contributed by atoms with Crippen molar-refractivity contribution in [2.75, 3.05) is 19.8 Å². The zero-order valence-electron chi connectivity index (χ0n) is 11.8. The number of ether oxygens (including phenoxy) is 1. The molecule has 0 radical (unpaired) electrons. The van der Waals surface area contributed by atoms with Gasteiger partial charge in [-0.15, -0.1) is 0 Å². The summed E-state index contributed by atoms with van der Waals surface area (Å²) in [6, 6.07) is 1.28. The van der Waals surface area contributed by atoms with Crippen LogP contribution in [-0.4, -0.2) is 38.7 Å². The highest BCUT2D eigenvalue weighted by Crippen LogP contribution is 2.28. The van der Waals surface area contributed by atoms with Crippen molar-refractivity contribution in [3.8, 4) is 0 Å². The van der Waals surface area contributed by atoms with Gasteiger partial charge in [-0.05, 0) is 31.7 Å². The summed E-state index contributed by atoms with van der Waals surface area (Å²) in [7, 11) is 1.46. The minimum absolute atomic E-state index is 0.0684. The fourth-order valence-electron chi connectivity index (χ4n) is 1.93. The monoisotopic (exact) mass is 334 g/mol. The summed E-state index contributed by atoms with van der Waals surface area (Å²) in [4.78, 5) is 12.0. The van der Waals surface area contributed by atoms with Gasteiger partial charge in [-0.3, -0.25) is 4.79 Å². The number of nitrogens with zero attached hydrogens (tertiary/aromatic N) is 1. The molecule has 6 nitrogen and oxygen atoms in total. The van der Waals surface area contributed by atoms with Crippen molar-refractivity contribution >= 4 is 25.6 Å². The molecule has 1 N–H and O–H groups in total. The molecule has 0 unspecified atom stereocenters. The van der Waals surface area contributed by atoms with Crippen molar-refractivity contribution in [2.45, 2.75) is 31.2 Å².